The second-order valence-electron chi connectivity index (χ2n) is 8.85. The number of carbonyl (C=O) groups excluding carboxylic acids is 1. The molecule has 2 aliphatic heterocycles. The Morgan fingerprint density at radius 3 is 2.59 bits per heavy atom. The van der Waals surface area contributed by atoms with Crippen LogP contribution in [0.5, 0.6) is 5.75 Å². The lowest BCUT2D eigenvalue weighted by Crippen LogP contribution is -2.40. The Bertz CT molecular complexity index is 1460. The van der Waals surface area contributed by atoms with Crippen molar-refractivity contribution in [3.8, 4) is 16.9 Å². The smallest absolute Gasteiger partial charge is 0.254 e. The molecule has 34 heavy (non-hydrogen) atoms. The first-order chi connectivity index (χ1) is 16.5. The van der Waals surface area contributed by atoms with Gasteiger partial charge in [-0.05, 0) is 34.0 Å². The SMILES string of the molecule is CC1COc2c1c(-c1ccc(C(=O)N3CCOCC3)c3ccccc13)cc1nc(N)nc(N)c21. The minimum atomic E-state index is 0.0276. The summed E-state index contributed by atoms with van der Waals surface area (Å²) in [6.45, 7) is 5.02. The van der Waals surface area contributed by atoms with E-state index < -0.39 is 0 Å². The number of hydrogen-bond donors (Lipinski definition) is 2. The number of anilines is 2. The average molecular weight is 456 g/mol. The summed E-state index contributed by atoms with van der Waals surface area (Å²) in [5.74, 6) is 1.35. The Morgan fingerprint density at radius 2 is 1.79 bits per heavy atom. The third-order valence-electron chi connectivity index (χ3n) is 6.74. The summed E-state index contributed by atoms with van der Waals surface area (Å²) in [6, 6.07) is 14.0. The van der Waals surface area contributed by atoms with Crippen molar-refractivity contribution in [2.75, 3.05) is 44.4 Å². The summed E-state index contributed by atoms with van der Waals surface area (Å²) in [7, 11) is 0. The number of hydrogen-bond acceptors (Lipinski definition) is 7. The topological polar surface area (TPSA) is 117 Å². The Morgan fingerprint density at radius 1 is 1.03 bits per heavy atom. The highest BCUT2D eigenvalue weighted by atomic mass is 16.5. The van der Waals surface area contributed by atoms with E-state index in [1.807, 2.05) is 41.3 Å². The van der Waals surface area contributed by atoms with Gasteiger partial charge in [-0.2, -0.15) is 4.98 Å². The maximum Gasteiger partial charge on any atom is 0.254 e. The molecule has 1 unspecified atom stereocenters. The molecule has 172 valence electrons. The zero-order valence-electron chi connectivity index (χ0n) is 18.9. The Kier molecular flexibility index (Phi) is 4.77. The van der Waals surface area contributed by atoms with Crippen LogP contribution >= 0.6 is 0 Å². The van der Waals surface area contributed by atoms with Gasteiger partial charge in [-0.3, -0.25) is 4.79 Å². The average Bonchev–Trinajstić information content (AvgIpc) is 3.24. The zero-order valence-corrected chi connectivity index (χ0v) is 18.9. The maximum absolute atomic E-state index is 13.4. The summed E-state index contributed by atoms with van der Waals surface area (Å²) in [4.78, 5) is 23.8. The van der Waals surface area contributed by atoms with E-state index >= 15 is 0 Å². The quantitative estimate of drug-likeness (QED) is 0.474. The first kappa shape index (κ1) is 20.7. The van der Waals surface area contributed by atoms with Gasteiger partial charge in [-0.25, -0.2) is 4.98 Å². The molecule has 1 amide bonds. The first-order valence-electron chi connectivity index (χ1n) is 11.4. The van der Waals surface area contributed by atoms with Crippen LogP contribution in [0.1, 0.15) is 28.8 Å². The molecule has 0 bridgehead atoms. The molecule has 2 aliphatic rings. The van der Waals surface area contributed by atoms with E-state index in [0.29, 0.717) is 55.2 Å². The number of amides is 1. The van der Waals surface area contributed by atoms with E-state index in [1.165, 1.54) is 0 Å². The molecule has 0 saturated carbocycles. The van der Waals surface area contributed by atoms with Crippen LogP contribution in [0, 0.1) is 0 Å². The molecule has 1 aromatic heterocycles. The molecule has 1 saturated heterocycles. The Hall–Kier alpha value is -3.91. The number of rotatable bonds is 2. The van der Waals surface area contributed by atoms with Gasteiger partial charge in [-0.1, -0.05) is 37.3 Å². The van der Waals surface area contributed by atoms with Crippen LogP contribution in [-0.4, -0.2) is 53.7 Å². The highest BCUT2D eigenvalue weighted by molar-refractivity contribution is 6.12. The Balaban J connectivity index is 1.59. The molecular formula is C26H25N5O3. The van der Waals surface area contributed by atoms with Crippen LogP contribution in [0.25, 0.3) is 32.8 Å². The second kappa shape index (κ2) is 7.85. The molecule has 6 rings (SSSR count). The van der Waals surface area contributed by atoms with Crippen LogP contribution in [0.2, 0.25) is 0 Å². The molecule has 3 heterocycles. The molecule has 0 aliphatic carbocycles. The third-order valence-corrected chi connectivity index (χ3v) is 6.74. The van der Waals surface area contributed by atoms with Crippen LogP contribution in [0.4, 0.5) is 11.8 Å². The van der Waals surface area contributed by atoms with E-state index in [4.69, 9.17) is 20.9 Å². The van der Waals surface area contributed by atoms with Crippen molar-refractivity contribution in [2.24, 2.45) is 0 Å². The standard InChI is InChI=1S/C26H25N5O3/c1-14-13-34-23-21(14)19(12-20-22(23)24(27)30-26(28)29-20)17-6-7-18(16-5-3-2-4-15(16)17)25(32)31-8-10-33-11-9-31/h2-7,12,14H,8-11,13H2,1H3,(H4,27,28,29,30). The number of nitrogens with zero attached hydrogens (tertiary/aromatic N) is 3. The largest absolute Gasteiger partial charge is 0.492 e. The third kappa shape index (κ3) is 3.13. The van der Waals surface area contributed by atoms with Crippen molar-refractivity contribution >= 4 is 39.3 Å². The van der Waals surface area contributed by atoms with Gasteiger partial charge in [-0.15, -0.1) is 0 Å². The van der Waals surface area contributed by atoms with Crippen molar-refractivity contribution in [3.63, 3.8) is 0 Å². The molecule has 8 heteroatoms. The van der Waals surface area contributed by atoms with Gasteiger partial charge < -0.3 is 25.8 Å². The number of carbonyl (C=O) groups is 1. The zero-order chi connectivity index (χ0) is 23.4. The van der Waals surface area contributed by atoms with E-state index in [-0.39, 0.29) is 17.8 Å². The lowest BCUT2D eigenvalue weighted by molar-refractivity contribution is 0.0304. The second-order valence-corrected chi connectivity index (χ2v) is 8.85. The summed E-state index contributed by atoms with van der Waals surface area (Å²) in [5, 5.41) is 2.61. The number of aromatic nitrogens is 2. The van der Waals surface area contributed by atoms with Crippen LogP contribution in [-0.2, 0) is 4.74 Å². The molecule has 3 aromatic carbocycles. The van der Waals surface area contributed by atoms with Gasteiger partial charge in [0.1, 0.15) is 11.6 Å². The Labute approximate surface area is 196 Å². The van der Waals surface area contributed by atoms with E-state index in [9.17, 15) is 4.79 Å². The molecule has 4 N–H and O–H groups in total. The lowest BCUT2D eigenvalue weighted by atomic mass is 9.87. The molecule has 1 fully saturated rings. The summed E-state index contributed by atoms with van der Waals surface area (Å²) in [5.41, 5.74) is 16.6. The van der Waals surface area contributed by atoms with E-state index in [0.717, 1.165) is 33.2 Å². The monoisotopic (exact) mass is 455 g/mol. The molecule has 8 nitrogen and oxygen atoms in total. The van der Waals surface area contributed by atoms with Gasteiger partial charge in [0.2, 0.25) is 5.95 Å². The summed E-state index contributed by atoms with van der Waals surface area (Å²) in [6.07, 6.45) is 0. The molecule has 1 atom stereocenters. The maximum atomic E-state index is 13.4. The fraction of sp³-hybridized carbons (Fsp3) is 0.269. The van der Waals surface area contributed by atoms with Crippen molar-refractivity contribution in [2.45, 2.75) is 12.8 Å². The number of benzene rings is 3. The van der Waals surface area contributed by atoms with Gasteiger partial charge in [0.15, 0.2) is 0 Å². The molecule has 0 spiro atoms. The predicted octanol–water partition coefficient (Wildman–Crippen LogP) is 3.58. The lowest BCUT2D eigenvalue weighted by Gasteiger charge is -2.27. The normalized spacial score (nSPS) is 17.7. The number of nitrogen functional groups attached to an aromatic ring is 2. The van der Waals surface area contributed by atoms with Crippen LogP contribution < -0.4 is 16.2 Å². The van der Waals surface area contributed by atoms with Gasteiger partial charge in [0.05, 0.1) is 30.7 Å². The van der Waals surface area contributed by atoms with Crippen LogP contribution in [0.3, 0.4) is 0 Å². The van der Waals surface area contributed by atoms with Gasteiger partial charge >= 0.3 is 0 Å². The summed E-state index contributed by atoms with van der Waals surface area (Å²) >= 11 is 0. The predicted molar refractivity (Wildman–Crippen MR) is 132 cm³/mol. The molecular weight excluding hydrogens is 430 g/mol. The van der Waals surface area contributed by atoms with Crippen molar-refractivity contribution in [3.05, 3.63) is 53.6 Å². The minimum Gasteiger partial charge on any atom is -0.492 e. The summed E-state index contributed by atoms with van der Waals surface area (Å²) < 4.78 is 11.5. The fourth-order valence-electron chi connectivity index (χ4n) is 5.13. The number of ether oxygens (including phenoxy) is 2. The molecule has 4 aromatic rings. The number of fused-ring (bicyclic) bond motifs is 4. The van der Waals surface area contributed by atoms with Gasteiger partial charge in [0.25, 0.3) is 5.91 Å². The highest BCUT2D eigenvalue weighted by Gasteiger charge is 2.30. The van der Waals surface area contributed by atoms with Crippen molar-refractivity contribution < 1.29 is 14.3 Å². The number of morpholine rings is 1. The van der Waals surface area contributed by atoms with E-state index in [2.05, 4.69) is 23.0 Å². The van der Waals surface area contributed by atoms with Gasteiger partial charge in [0, 0.05) is 30.1 Å². The van der Waals surface area contributed by atoms with Crippen molar-refractivity contribution in [1.82, 2.24) is 14.9 Å². The minimum absolute atomic E-state index is 0.0276. The van der Waals surface area contributed by atoms with Crippen LogP contribution in [0.15, 0.2) is 42.5 Å². The first-order valence-corrected chi connectivity index (χ1v) is 11.4. The molecule has 0 radical (unpaired) electrons. The van der Waals surface area contributed by atoms with E-state index in [1.54, 1.807) is 0 Å². The fourth-order valence-corrected chi connectivity index (χ4v) is 5.13. The van der Waals surface area contributed by atoms with Crippen molar-refractivity contribution in [1.29, 1.82) is 0 Å². The number of nitrogens with two attached hydrogens (primary N) is 2. The highest BCUT2D eigenvalue weighted by Crippen LogP contribution is 2.48.